The molecule has 2 N–H and O–H groups in total. The molecule has 0 unspecified atom stereocenters. The summed E-state index contributed by atoms with van der Waals surface area (Å²) in [4.78, 5) is 24.0. The van der Waals surface area contributed by atoms with Gasteiger partial charge in [0, 0.05) is 21.8 Å². The third kappa shape index (κ3) is 6.42. The fourth-order valence-electron chi connectivity index (χ4n) is 2.71. The number of amides is 2. The van der Waals surface area contributed by atoms with Gasteiger partial charge in [-0.15, -0.1) is 0 Å². The van der Waals surface area contributed by atoms with Crippen LogP contribution in [0.3, 0.4) is 0 Å². The van der Waals surface area contributed by atoms with Crippen molar-refractivity contribution in [3.05, 3.63) is 94.5 Å². The Morgan fingerprint density at radius 3 is 2.42 bits per heavy atom. The van der Waals surface area contributed by atoms with Gasteiger partial charge in [0.2, 0.25) is 0 Å². The summed E-state index contributed by atoms with van der Waals surface area (Å²) in [6.07, 6.45) is 2.32. The summed E-state index contributed by atoms with van der Waals surface area (Å²) in [5.74, 6) is -1.10. The maximum Gasteiger partial charge on any atom is 0.329 e. The monoisotopic (exact) mass is 435 g/mol. The number of nitrogens with zero attached hydrogens (tertiary/aromatic N) is 1. The number of carbonyl (C=O) groups excluding carboxylic acids is 2. The van der Waals surface area contributed by atoms with Crippen LogP contribution in [0.4, 0.5) is 5.69 Å². The standard InChI is InChI=1S/C24H22ClN3O3/c1-2-17-11-13-20(14-12-17)27-23(29)24(30)28-26-15-18-7-4-6-10-22(18)31-16-19-8-3-5-9-21(19)25/h3-15H,2,16H2,1H3,(H,27,29)(H,28,30). The molecular formula is C24H22ClN3O3. The van der Waals surface area contributed by atoms with E-state index >= 15 is 0 Å². The Morgan fingerprint density at radius 1 is 0.968 bits per heavy atom. The lowest BCUT2D eigenvalue weighted by Gasteiger charge is -2.10. The van der Waals surface area contributed by atoms with Crippen molar-refractivity contribution in [2.45, 2.75) is 20.0 Å². The number of aryl methyl sites for hydroxylation is 1. The van der Waals surface area contributed by atoms with Gasteiger partial charge in [-0.25, -0.2) is 5.43 Å². The molecule has 0 atom stereocenters. The topological polar surface area (TPSA) is 79.8 Å². The first-order valence-electron chi connectivity index (χ1n) is 9.75. The Kier molecular flexibility index (Phi) is 7.79. The van der Waals surface area contributed by atoms with E-state index < -0.39 is 11.8 Å². The molecule has 0 aromatic heterocycles. The molecule has 158 valence electrons. The fourth-order valence-corrected chi connectivity index (χ4v) is 2.90. The normalized spacial score (nSPS) is 10.6. The summed E-state index contributed by atoms with van der Waals surface area (Å²) in [6, 6.07) is 21.9. The number of carbonyl (C=O) groups is 2. The largest absolute Gasteiger partial charge is 0.488 e. The molecule has 2 amide bonds. The average molecular weight is 436 g/mol. The maximum atomic E-state index is 12.0. The highest BCUT2D eigenvalue weighted by Gasteiger charge is 2.13. The fraction of sp³-hybridized carbons (Fsp3) is 0.125. The number of para-hydroxylation sites is 1. The first-order valence-corrected chi connectivity index (χ1v) is 10.1. The van der Waals surface area contributed by atoms with E-state index in [1.807, 2.05) is 49.4 Å². The third-order valence-electron chi connectivity index (χ3n) is 4.46. The first kappa shape index (κ1) is 22.1. The zero-order chi connectivity index (χ0) is 22.1. The second-order valence-corrected chi connectivity index (χ2v) is 7.03. The number of halogens is 1. The summed E-state index contributed by atoms with van der Waals surface area (Å²) in [7, 11) is 0. The Labute approximate surface area is 185 Å². The quantitative estimate of drug-likeness (QED) is 0.324. The summed E-state index contributed by atoms with van der Waals surface area (Å²) < 4.78 is 5.84. The van der Waals surface area contributed by atoms with Gasteiger partial charge in [0.05, 0.1) is 6.21 Å². The molecule has 0 heterocycles. The van der Waals surface area contributed by atoms with Crippen molar-refractivity contribution in [1.29, 1.82) is 0 Å². The van der Waals surface area contributed by atoms with E-state index in [2.05, 4.69) is 15.8 Å². The van der Waals surface area contributed by atoms with Gasteiger partial charge in [-0.1, -0.05) is 61.0 Å². The minimum absolute atomic E-state index is 0.288. The average Bonchev–Trinajstić information content (AvgIpc) is 2.79. The third-order valence-corrected chi connectivity index (χ3v) is 4.82. The summed E-state index contributed by atoms with van der Waals surface area (Å²) in [6.45, 7) is 2.33. The van der Waals surface area contributed by atoms with Crippen LogP contribution in [-0.2, 0) is 22.6 Å². The highest BCUT2D eigenvalue weighted by atomic mass is 35.5. The number of anilines is 1. The van der Waals surface area contributed by atoms with Crippen LogP contribution >= 0.6 is 11.6 Å². The van der Waals surface area contributed by atoms with E-state index in [-0.39, 0.29) is 6.61 Å². The second-order valence-electron chi connectivity index (χ2n) is 6.62. The zero-order valence-corrected chi connectivity index (χ0v) is 17.7. The lowest BCUT2D eigenvalue weighted by molar-refractivity contribution is -0.136. The lowest BCUT2D eigenvalue weighted by atomic mass is 10.1. The van der Waals surface area contributed by atoms with Crippen molar-refractivity contribution in [2.75, 3.05) is 5.32 Å². The molecule has 0 aliphatic rings. The van der Waals surface area contributed by atoms with E-state index in [0.29, 0.717) is 22.0 Å². The number of hydrazone groups is 1. The second kappa shape index (κ2) is 10.9. The number of hydrogen-bond acceptors (Lipinski definition) is 4. The molecule has 0 spiro atoms. The predicted molar refractivity (Wildman–Crippen MR) is 122 cm³/mol. The van der Waals surface area contributed by atoms with Crippen molar-refractivity contribution in [3.8, 4) is 5.75 Å². The molecule has 6 nitrogen and oxygen atoms in total. The summed E-state index contributed by atoms with van der Waals surface area (Å²) >= 11 is 6.16. The maximum absolute atomic E-state index is 12.0. The number of nitrogens with one attached hydrogen (secondary N) is 2. The van der Waals surface area contributed by atoms with E-state index in [4.69, 9.17) is 16.3 Å². The van der Waals surface area contributed by atoms with Gasteiger partial charge in [0.25, 0.3) is 0 Å². The van der Waals surface area contributed by atoms with Crippen LogP contribution in [0.2, 0.25) is 5.02 Å². The molecule has 0 saturated heterocycles. The highest BCUT2D eigenvalue weighted by molar-refractivity contribution is 6.39. The van der Waals surface area contributed by atoms with E-state index in [0.717, 1.165) is 17.5 Å². The molecule has 0 fully saturated rings. The van der Waals surface area contributed by atoms with Crippen molar-refractivity contribution < 1.29 is 14.3 Å². The molecule has 0 aliphatic carbocycles. The Hall–Kier alpha value is -3.64. The molecule has 3 aromatic carbocycles. The van der Waals surface area contributed by atoms with E-state index in [9.17, 15) is 9.59 Å². The summed E-state index contributed by atoms with van der Waals surface area (Å²) in [5.41, 5.74) is 5.41. The zero-order valence-electron chi connectivity index (χ0n) is 17.0. The number of rotatable bonds is 7. The lowest BCUT2D eigenvalue weighted by Crippen LogP contribution is -2.32. The van der Waals surface area contributed by atoms with Gasteiger partial charge in [-0.05, 0) is 42.3 Å². The Balaban J connectivity index is 1.56. The molecule has 3 rings (SSSR count). The van der Waals surface area contributed by atoms with Gasteiger partial charge in [-0.3, -0.25) is 9.59 Å². The Bertz CT molecular complexity index is 1080. The van der Waals surface area contributed by atoms with Gasteiger partial charge in [0.15, 0.2) is 0 Å². The van der Waals surface area contributed by atoms with Crippen LogP contribution in [0.1, 0.15) is 23.6 Å². The van der Waals surface area contributed by atoms with Crippen LogP contribution in [0.25, 0.3) is 0 Å². The van der Waals surface area contributed by atoms with Gasteiger partial charge < -0.3 is 10.1 Å². The SMILES string of the molecule is CCc1ccc(NC(=O)C(=O)NN=Cc2ccccc2OCc2ccccc2Cl)cc1. The smallest absolute Gasteiger partial charge is 0.329 e. The Morgan fingerprint density at radius 2 is 1.68 bits per heavy atom. The van der Waals surface area contributed by atoms with Crippen molar-refractivity contribution in [2.24, 2.45) is 5.10 Å². The van der Waals surface area contributed by atoms with Gasteiger partial charge in [0.1, 0.15) is 12.4 Å². The molecule has 3 aromatic rings. The molecular weight excluding hydrogens is 414 g/mol. The molecule has 0 radical (unpaired) electrons. The molecule has 0 aliphatic heterocycles. The van der Waals surface area contributed by atoms with Crippen molar-refractivity contribution >= 4 is 35.3 Å². The minimum atomic E-state index is -0.870. The molecule has 7 heteroatoms. The molecule has 0 bridgehead atoms. The molecule has 31 heavy (non-hydrogen) atoms. The van der Waals surface area contributed by atoms with Crippen molar-refractivity contribution in [1.82, 2.24) is 5.43 Å². The minimum Gasteiger partial charge on any atom is -0.488 e. The van der Waals surface area contributed by atoms with Crippen LogP contribution in [0.5, 0.6) is 5.75 Å². The highest BCUT2D eigenvalue weighted by Crippen LogP contribution is 2.21. The summed E-state index contributed by atoms with van der Waals surface area (Å²) in [5, 5.41) is 7.03. The van der Waals surface area contributed by atoms with E-state index in [1.54, 1.807) is 30.3 Å². The van der Waals surface area contributed by atoms with Crippen molar-refractivity contribution in [3.63, 3.8) is 0 Å². The predicted octanol–water partition coefficient (Wildman–Crippen LogP) is 4.57. The number of hydrogen-bond donors (Lipinski definition) is 2. The van der Waals surface area contributed by atoms with Crippen LogP contribution in [0.15, 0.2) is 77.9 Å². The number of benzene rings is 3. The number of ether oxygens (including phenoxy) is 1. The van der Waals surface area contributed by atoms with Crippen LogP contribution < -0.4 is 15.5 Å². The van der Waals surface area contributed by atoms with Crippen LogP contribution in [-0.4, -0.2) is 18.0 Å². The molecule has 0 saturated carbocycles. The first-order chi connectivity index (χ1) is 15.1. The van der Waals surface area contributed by atoms with Crippen LogP contribution in [0, 0.1) is 0 Å². The van der Waals surface area contributed by atoms with E-state index in [1.165, 1.54) is 6.21 Å². The van der Waals surface area contributed by atoms with Gasteiger partial charge >= 0.3 is 11.8 Å². The van der Waals surface area contributed by atoms with Gasteiger partial charge in [-0.2, -0.15) is 5.10 Å².